The lowest BCUT2D eigenvalue weighted by molar-refractivity contribution is -0.144. The van der Waals surface area contributed by atoms with Crippen LogP contribution in [0.2, 0.25) is 0 Å². The Kier molecular flexibility index (Phi) is 7.11. The molecule has 6 rings (SSSR count). The Labute approximate surface area is 231 Å². The number of benzene rings is 3. The van der Waals surface area contributed by atoms with Crippen LogP contribution < -0.4 is 11.1 Å². The molecule has 0 spiro atoms. The highest BCUT2D eigenvalue weighted by molar-refractivity contribution is 6.40. The number of amides is 2. The van der Waals surface area contributed by atoms with Crippen LogP contribution in [-0.2, 0) is 27.4 Å². The molecule has 0 radical (unpaired) electrons. The summed E-state index contributed by atoms with van der Waals surface area (Å²) in [6.45, 7) is 1.18. The van der Waals surface area contributed by atoms with Crippen molar-refractivity contribution in [3.8, 4) is 0 Å². The fourth-order valence-corrected chi connectivity index (χ4v) is 5.27. The number of aromatic nitrogens is 3. The Bertz CT molecular complexity index is 1670. The van der Waals surface area contributed by atoms with Gasteiger partial charge in [-0.15, -0.1) is 0 Å². The van der Waals surface area contributed by atoms with Crippen molar-refractivity contribution in [2.75, 3.05) is 17.7 Å². The lowest BCUT2D eigenvalue weighted by atomic mass is 10.0. The van der Waals surface area contributed by atoms with Gasteiger partial charge in [0.05, 0.1) is 23.5 Å². The zero-order valence-electron chi connectivity index (χ0n) is 22.0. The average molecular weight is 535 g/mol. The number of carbonyl (C=O) groups is 2. The molecule has 1 unspecified atom stereocenters. The summed E-state index contributed by atoms with van der Waals surface area (Å²) in [6.07, 6.45) is 5.60. The molecule has 1 aliphatic rings. The van der Waals surface area contributed by atoms with Crippen molar-refractivity contribution in [3.63, 3.8) is 0 Å². The number of nitrogen functional groups attached to an aromatic ring is 1. The van der Waals surface area contributed by atoms with E-state index in [4.69, 9.17) is 10.5 Å². The van der Waals surface area contributed by atoms with Gasteiger partial charge in [-0.3, -0.25) is 9.59 Å². The summed E-state index contributed by atoms with van der Waals surface area (Å²) in [5.74, 6) is -1.12. The van der Waals surface area contributed by atoms with E-state index in [-0.39, 0.29) is 19.3 Å². The number of carbonyl (C=O) groups excluding carboxylic acids is 2. The molecular formula is C31H30N6O3. The van der Waals surface area contributed by atoms with Crippen LogP contribution in [0, 0.1) is 0 Å². The van der Waals surface area contributed by atoms with Crippen LogP contribution in [0.3, 0.4) is 0 Å². The molecule has 3 heterocycles. The van der Waals surface area contributed by atoms with Crippen LogP contribution in [-0.4, -0.2) is 38.1 Å². The Morgan fingerprint density at radius 2 is 1.75 bits per heavy atom. The zero-order chi connectivity index (χ0) is 27.5. The van der Waals surface area contributed by atoms with Crippen LogP contribution in [0.15, 0.2) is 85.2 Å². The summed E-state index contributed by atoms with van der Waals surface area (Å²) in [6, 6.07) is 23.7. The van der Waals surface area contributed by atoms with Crippen molar-refractivity contribution >= 4 is 45.0 Å². The number of nitrogens with one attached hydrogen (secondary N) is 1. The van der Waals surface area contributed by atoms with E-state index in [0.717, 1.165) is 41.2 Å². The molecule has 3 N–H and O–H groups in total. The first-order valence-electron chi connectivity index (χ1n) is 13.4. The van der Waals surface area contributed by atoms with Crippen LogP contribution in [0.4, 0.5) is 11.5 Å². The highest BCUT2D eigenvalue weighted by Gasteiger charge is 2.26. The fourth-order valence-electron chi connectivity index (χ4n) is 5.27. The minimum atomic E-state index is -0.763. The van der Waals surface area contributed by atoms with E-state index in [1.54, 1.807) is 15.8 Å². The van der Waals surface area contributed by atoms with E-state index >= 15 is 0 Å². The first-order valence-corrected chi connectivity index (χ1v) is 13.4. The first kappa shape index (κ1) is 25.5. The molecule has 202 valence electrons. The van der Waals surface area contributed by atoms with Crippen molar-refractivity contribution in [3.05, 3.63) is 96.3 Å². The van der Waals surface area contributed by atoms with Gasteiger partial charge in [-0.2, -0.15) is 5.10 Å². The molecule has 1 aliphatic heterocycles. The van der Waals surface area contributed by atoms with E-state index in [1.165, 1.54) is 6.20 Å². The summed E-state index contributed by atoms with van der Waals surface area (Å²) >= 11 is 0. The third-order valence-corrected chi connectivity index (χ3v) is 7.27. The smallest absolute Gasteiger partial charge is 0.314 e. The fraction of sp³-hybridized carbons (Fsp3) is 0.226. The third-order valence-electron chi connectivity index (χ3n) is 7.27. The number of hydrogen-bond donors (Lipinski definition) is 2. The Hall–Kier alpha value is -4.76. The molecule has 2 amide bonds. The lowest BCUT2D eigenvalue weighted by Crippen LogP contribution is -2.39. The Balaban J connectivity index is 1.31. The highest BCUT2D eigenvalue weighted by atomic mass is 16.5. The number of pyridine rings is 1. The topological polar surface area (TPSA) is 115 Å². The quantitative estimate of drug-likeness (QED) is 0.295. The van der Waals surface area contributed by atoms with Gasteiger partial charge in [0.15, 0.2) is 6.23 Å². The summed E-state index contributed by atoms with van der Waals surface area (Å²) in [5.41, 5.74) is 8.96. The van der Waals surface area contributed by atoms with Crippen LogP contribution in [0.25, 0.3) is 21.7 Å². The zero-order valence-corrected chi connectivity index (χ0v) is 22.0. The third kappa shape index (κ3) is 5.11. The van der Waals surface area contributed by atoms with Gasteiger partial charge in [0, 0.05) is 19.7 Å². The largest absolute Gasteiger partial charge is 0.383 e. The van der Waals surface area contributed by atoms with Gasteiger partial charge in [-0.1, -0.05) is 72.8 Å². The molecule has 2 aromatic heterocycles. The molecule has 9 nitrogen and oxygen atoms in total. The van der Waals surface area contributed by atoms with Gasteiger partial charge in [-0.25, -0.2) is 9.67 Å². The van der Waals surface area contributed by atoms with Gasteiger partial charge >= 0.3 is 11.8 Å². The van der Waals surface area contributed by atoms with Gasteiger partial charge in [0.2, 0.25) is 0 Å². The van der Waals surface area contributed by atoms with Gasteiger partial charge in [0.1, 0.15) is 11.3 Å². The second-order valence-electron chi connectivity index (χ2n) is 9.97. The summed E-state index contributed by atoms with van der Waals surface area (Å²) in [4.78, 5) is 33.1. The average Bonchev–Trinajstić information content (AvgIpc) is 3.46. The molecular weight excluding hydrogens is 504 g/mol. The molecule has 1 fully saturated rings. The lowest BCUT2D eigenvalue weighted by Gasteiger charge is -2.25. The Morgan fingerprint density at radius 1 is 0.950 bits per heavy atom. The minimum Gasteiger partial charge on any atom is -0.383 e. The predicted octanol–water partition coefficient (Wildman–Crippen LogP) is 5.03. The SMILES string of the molecule is Nc1ncc(NC(=O)C(=O)N(Cc2ccccc2)Cc2cccc3ccccc23)c2c1cnn2C1CCCCO1. The number of nitrogens with two attached hydrogens (primary N) is 1. The summed E-state index contributed by atoms with van der Waals surface area (Å²) in [7, 11) is 0. The van der Waals surface area contributed by atoms with Crippen LogP contribution in [0.5, 0.6) is 0 Å². The molecule has 3 aromatic carbocycles. The standard InChI is InChI=1S/C31H30N6O3/c32-29-25-17-34-37(27-15-6-7-16-40-27)28(25)26(18-33-29)35-30(38)31(39)36(19-21-9-2-1-3-10-21)20-23-13-8-12-22-11-4-5-14-24(22)23/h1-5,8-14,17-18,27H,6-7,15-16,19-20H2,(H2,32,33)(H,35,38). The van der Waals surface area contributed by atoms with Gasteiger partial charge in [-0.05, 0) is 41.2 Å². The minimum absolute atomic E-state index is 0.270. The molecule has 1 saturated heterocycles. The van der Waals surface area contributed by atoms with Crippen LogP contribution >= 0.6 is 0 Å². The predicted molar refractivity (Wildman–Crippen MR) is 154 cm³/mol. The number of rotatable bonds is 6. The number of hydrogen-bond acceptors (Lipinski definition) is 6. The van der Waals surface area contributed by atoms with Crippen molar-refractivity contribution < 1.29 is 14.3 Å². The molecule has 1 atom stereocenters. The van der Waals surface area contributed by atoms with Gasteiger partial charge in [0.25, 0.3) is 0 Å². The number of ether oxygens (including phenoxy) is 1. The molecule has 5 aromatic rings. The normalized spacial score (nSPS) is 15.2. The Morgan fingerprint density at radius 3 is 2.58 bits per heavy atom. The molecule has 0 saturated carbocycles. The molecule has 0 aliphatic carbocycles. The van der Waals surface area contributed by atoms with E-state index < -0.39 is 11.8 Å². The van der Waals surface area contributed by atoms with E-state index in [2.05, 4.69) is 15.4 Å². The molecule has 0 bridgehead atoms. The number of fused-ring (bicyclic) bond motifs is 2. The second kappa shape index (κ2) is 11.2. The van der Waals surface area contributed by atoms with E-state index in [1.807, 2.05) is 72.8 Å². The van der Waals surface area contributed by atoms with Crippen LogP contribution in [0.1, 0.15) is 36.6 Å². The maximum Gasteiger partial charge on any atom is 0.314 e. The maximum atomic E-state index is 13.7. The second-order valence-corrected chi connectivity index (χ2v) is 9.97. The molecule has 40 heavy (non-hydrogen) atoms. The molecule has 9 heteroatoms. The van der Waals surface area contributed by atoms with Crippen molar-refractivity contribution in [2.45, 2.75) is 38.6 Å². The van der Waals surface area contributed by atoms with E-state index in [9.17, 15) is 9.59 Å². The number of anilines is 2. The monoisotopic (exact) mass is 534 g/mol. The number of nitrogens with zero attached hydrogens (tertiary/aromatic N) is 4. The summed E-state index contributed by atoms with van der Waals surface area (Å²) < 4.78 is 7.66. The van der Waals surface area contributed by atoms with E-state index in [0.29, 0.717) is 29.0 Å². The van der Waals surface area contributed by atoms with Crippen molar-refractivity contribution in [2.24, 2.45) is 0 Å². The first-order chi connectivity index (χ1) is 19.6. The van der Waals surface area contributed by atoms with Crippen molar-refractivity contribution in [1.82, 2.24) is 19.7 Å². The van der Waals surface area contributed by atoms with Gasteiger partial charge < -0.3 is 20.7 Å². The summed E-state index contributed by atoms with van der Waals surface area (Å²) in [5, 5.41) is 10.0. The highest BCUT2D eigenvalue weighted by Crippen LogP contribution is 2.32. The maximum absolute atomic E-state index is 13.7. The van der Waals surface area contributed by atoms with Crippen molar-refractivity contribution in [1.29, 1.82) is 0 Å².